The van der Waals surface area contributed by atoms with Gasteiger partial charge in [0.05, 0.1) is 31.0 Å². The van der Waals surface area contributed by atoms with E-state index < -0.39 is 52.4 Å². The molecule has 1 aromatic carbocycles. The molecule has 1 spiro atoms. The Hall–Kier alpha value is -4.72. The number of esters is 1. The second-order valence-corrected chi connectivity index (χ2v) is 19.3. The van der Waals surface area contributed by atoms with Crippen molar-refractivity contribution in [3.8, 4) is 17.2 Å². The van der Waals surface area contributed by atoms with E-state index in [4.69, 9.17) is 24.7 Å². The van der Waals surface area contributed by atoms with Crippen molar-refractivity contribution in [3.63, 3.8) is 0 Å². The molecule has 2 bridgehead atoms. The van der Waals surface area contributed by atoms with Gasteiger partial charge < -0.3 is 39.3 Å². The summed E-state index contributed by atoms with van der Waals surface area (Å²) < 4.78 is 28.4. The molecule has 6 aliphatic rings. The first kappa shape index (κ1) is 45.3. The number of nitrogen functional groups attached to an aromatic ring is 1. The molecule has 3 saturated carbocycles. The largest absolute Gasteiger partial charge is 0.491 e. The summed E-state index contributed by atoms with van der Waals surface area (Å²) in [6, 6.07) is -0.783. The zero-order valence-electron chi connectivity index (χ0n) is 38.4. The third kappa shape index (κ3) is 7.93. The number of hydrogen-bond acceptors (Lipinski definition) is 12. The predicted molar refractivity (Wildman–Crippen MR) is 239 cm³/mol. The SMILES string of the molecule is COC(=O)/C(C)=C\CC1(O)C(=O)C2CC(C(C)C)C13Oc1c(CC=C(C)C)c4c(c(OCCN5CCN(C)CC5)c1C(=O)C3C2n1cnc(N)c1)C=CC(C)(CCC=C(C)C)O4. The molecule has 1 saturated heterocycles. The van der Waals surface area contributed by atoms with Crippen LogP contribution in [0, 0.1) is 23.7 Å². The number of benzene rings is 1. The number of carbonyl (C=O) groups excluding carboxylic acids is 3. The van der Waals surface area contributed by atoms with Crippen LogP contribution in [0.1, 0.15) is 109 Å². The molecule has 4 heterocycles. The minimum absolute atomic E-state index is 0.135. The lowest BCUT2D eigenvalue weighted by atomic mass is 9.43. The number of methoxy groups -OCH3 is 1. The number of piperazine rings is 1. The van der Waals surface area contributed by atoms with Crippen LogP contribution in [-0.4, -0.2) is 112 Å². The summed E-state index contributed by atoms with van der Waals surface area (Å²) >= 11 is 0. The number of imidazole rings is 1. The molecule has 62 heavy (non-hydrogen) atoms. The molecule has 0 amide bonds. The number of nitrogens with zero attached hydrogens (tertiary/aromatic N) is 4. The van der Waals surface area contributed by atoms with Crippen LogP contribution in [0.3, 0.4) is 0 Å². The zero-order valence-corrected chi connectivity index (χ0v) is 38.4. The molecule has 7 atom stereocenters. The molecule has 8 rings (SSSR count). The van der Waals surface area contributed by atoms with Crippen LogP contribution in [0.25, 0.3) is 6.08 Å². The molecule has 0 radical (unpaired) electrons. The number of aliphatic hydroxyl groups is 1. The summed E-state index contributed by atoms with van der Waals surface area (Å²) in [5, 5.41) is 13.4. The molecular formula is C49H67N5O8. The number of nitrogens with two attached hydrogens (primary N) is 1. The van der Waals surface area contributed by atoms with Crippen LogP contribution < -0.4 is 19.9 Å². The second-order valence-electron chi connectivity index (χ2n) is 19.3. The highest BCUT2D eigenvalue weighted by atomic mass is 16.5. The van der Waals surface area contributed by atoms with Crippen LogP contribution in [0.15, 0.2) is 53.5 Å². The minimum atomic E-state index is -2.23. The predicted octanol–water partition coefficient (Wildman–Crippen LogP) is 6.80. The topological polar surface area (TPSA) is 159 Å². The summed E-state index contributed by atoms with van der Waals surface area (Å²) in [5.41, 5.74) is 5.60. The normalized spacial score (nSPS) is 29.3. The van der Waals surface area contributed by atoms with Crippen LogP contribution in [0.5, 0.6) is 17.2 Å². The number of fused-ring (bicyclic) bond motifs is 4. The lowest BCUT2D eigenvalue weighted by Gasteiger charge is -2.66. The Morgan fingerprint density at radius 1 is 1.05 bits per heavy atom. The van der Waals surface area contributed by atoms with Crippen molar-refractivity contribution in [1.29, 1.82) is 0 Å². The highest BCUT2D eigenvalue weighted by Crippen LogP contribution is 2.67. The van der Waals surface area contributed by atoms with Crippen LogP contribution in [0.4, 0.5) is 5.82 Å². The molecule has 2 aromatic rings. The van der Waals surface area contributed by atoms with E-state index in [2.05, 4.69) is 60.8 Å². The Balaban J connectivity index is 1.50. The van der Waals surface area contributed by atoms with Crippen molar-refractivity contribution in [3.05, 3.63) is 70.2 Å². The van der Waals surface area contributed by atoms with E-state index in [1.807, 2.05) is 33.8 Å². The molecule has 7 unspecified atom stereocenters. The molecule has 4 fully saturated rings. The first-order valence-electron chi connectivity index (χ1n) is 22.3. The van der Waals surface area contributed by atoms with Gasteiger partial charge in [0.1, 0.15) is 40.8 Å². The van der Waals surface area contributed by atoms with Crippen molar-refractivity contribution in [2.24, 2.45) is 23.7 Å². The van der Waals surface area contributed by atoms with E-state index in [-0.39, 0.29) is 40.8 Å². The highest BCUT2D eigenvalue weighted by molar-refractivity contribution is 6.10. The Morgan fingerprint density at radius 3 is 2.39 bits per heavy atom. The first-order valence-corrected chi connectivity index (χ1v) is 22.3. The summed E-state index contributed by atoms with van der Waals surface area (Å²) in [4.78, 5) is 53.2. The number of Topliss-reactive ketones (excluding diaryl/α,β-unsaturated/α-hetero) is 2. The summed E-state index contributed by atoms with van der Waals surface area (Å²) in [7, 11) is 3.41. The Bertz CT molecular complexity index is 2210. The monoisotopic (exact) mass is 853 g/mol. The van der Waals surface area contributed by atoms with Crippen molar-refractivity contribution in [1.82, 2.24) is 19.4 Å². The van der Waals surface area contributed by atoms with Crippen molar-refractivity contribution in [2.45, 2.75) is 110 Å². The molecule has 336 valence electrons. The molecule has 3 aliphatic heterocycles. The highest BCUT2D eigenvalue weighted by Gasteiger charge is 2.79. The van der Waals surface area contributed by atoms with Crippen LogP contribution in [-0.2, 0) is 20.7 Å². The van der Waals surface area contributed by atoms with Crippen molar-refractivity contribution < 1.29 is 38.4 Å². The van der Waals surface area contributed by atoms with E-state index in [9.17, 15) is 9.90 Å². The number of carbonyl (C=O) groups is 3. The maximum Gasteiger partial charge on any atom is 0.333 e. The van der Waals surface area contributed by atoms with Gasteiger partial charge in [-0.2, -0.15) is 0 Å². The number of rotatable bonds is 14. The van der Waals surface area contributed by atoms with Gasteiger partial charge >= 0.3 is 5.97 Å². The number of likely N-dealkylation sites (N-methyl/N-ethyl adjacent to an activating group) is 1. The average molecular weight is 854 g/mol. The lowest BCUT2D eigenvalue weighted by Crippen LogP contribution is -2.81. The maximum absolute atomic E-state index is 16.3. The van der Waals surface area contributed by atoms with E-state index in [1.165, 1.54) is 18.8 Å². The van der Waals surface area contributed by atoms with Gasteiger partial charge in [-0.1, -0.05) is 43.2 Å². The van der Waals surface area contributed by atoms with Gasteiger partial charge in [0.2, 0.25) is 0 Å². The third-order valence-corrected chi connectivity index (χ3v) is 14.0. The lowest BCUT2D eigenvalue weighted by molar-refractivity contribution is -0.249. The summed E-state index contributed by atoms with van der Waals surface area (Å²) in [6.07, 6.45) is 15.1. The standard InChI is InChI=1S/C49H67N5O8/c1-29(2)12-11-17-47(8)18-16-34-42(61-47)33(14-13-30(3)4)44-38(43(34)60-25-24-53-22-20-52(9)21-23-53)41(55)39-40(54-27-37(50)51-28-54)35-26-36(31(5)6)49(39,62-44)48(58,45(35)56)19-15-32(7)46(57)59-10/h12-13,15-16,18,27-28,31,35-36,39-40,58H,11,14,17,19-26,50H2,1-10H3/b32-15-. The third-order valence-electron chi connectivity index (χ3n) is 14.0. The maximum atomic E-state index is 16.3. The van der Waals surface area contributed by atoms with Gasteiger partial charge in [-0.15, -0.1) is 0 Å². The molecule has 3 aliphatic carbocycles. The van der Waals surface area contributed by atoms with Crippen LogP contribution in [0.2, 0.25) is 0 Å². The fourth-order valence-corrected chi connectivity index (χ4v) is 10.7. The smallest absolute Gasteiger partial charge is 0.333 e. The van der Waals surface area contributed by atoms with Crippen molar-refractivity contribution >= 4 is 29.4 Å². The Labute approximate surface area is 367 Å². The summed E-state index contributed by atoms with van der Waals surface area (Å²) in [6.45, 7) is 20.6. The van der Waals surface area contributed by atoms with E-state index in [1.54, 1.807) is 24.0 Å². The van der Waals surface area contributed by atoms with Gasteiger partial charge in [-0.3, -0.25) is 14.5 Å². The first-order chi connectivity index (χ1) is 29.4. The fourth-order valence-electron chi connectivity index (χ4n) is 10.7. The molecular weight excluding hydrogens is 787 g/mol. The van der Waals surface area contributed by atoms with Gasteiger partial charge in [-0.05, 0) is 92.3 Å². The van der Waals surface area contributed by atoms with Crippen LogP contribution >= 0.6 is 0 Å². The Kier molecular flexibility index (Phi) is 12.8. The van der Waals surface area contributed by atoms with E-state index >= 15 is 9.59 Å². The fraction of sp³-hybridized carbons (Fsp3) is 0.592. The molecule has 13 heteroatoms. The number of anilines is 1. The number of ketones is 2. The summed E-state index contributed by atoms with van der Waals surface area (Å²) in [5.74, 6) is -2.39. The van der Waals surface area contributed by atoms with E-state index in [0.717, 1.165) is 38.2 Å². The van der Waals surface area contributed by atoms with E-state index in [0.29, 0.717) is 55.0 Å². The average Bonchev–Trinajstić information content (AvgIpc) is 3.66. The van der Waals surface area contributed by atoms with Crippen molar-refractivity contribution in [2.75, 3.05) is 59.2 Å². The quantitative estimate of drug-likeness (QED) is 0.117. The molecule has 1 aromatic heterocycles. The number of ether oxygens (including phenoxy) is 4. The molecule has 13 nitrogen and oxygen atoms in total. The second kappa shape index (κ2) is 17.4. The zero-order chi connectivity index (χ0) is 44.9. The van der Waals surface area contributed by atoms with Gasteiger partial charge in [0.15, 0.2) is 22.8 Å². The van der Waals surface area contributed by atoms with Gasteiger partial charge in [0.25, 0.3) is 0 Å². The molecule has 3 N–H and O–H groups in total. The van der Waals surface area contributed by atoms with Gasteiger partial charge in [0, 0.05) is 68.3 Å². The van der Waals surface area contributed by atoms with Gasteiger partial charge in [-0.25, -0.2) is 9.78 Å². The number of aromatic nitrogens is 2. The number of hydrogen-bond donors (Lipinski definition) is 2. The Morgan fingerprint density at radius 2 is 1.76 bits per heavy atom. The minimum Gasteiger partial charge on any atom is -0.491 e. The number of allylic oxidation sites excluding steroid dienone is 4.